The number of aryl methyl sites for hydroxylation is 1. The van der Waals surface area contributed by atoms with Crippen LogP contribution in [0.3, 0.4) is 0 Å². The number of hydrogen-bond acceptors (Lipinski definition) is 4. The van der Waals surface area contributed by atoms with E-state index in [4.69, 9.17) is 0 Å². The zero-order valence-electron chi connectivity index (χ0n) is 13.1. The molecule has 0 spiro atoms. The van der Waals surface area contributed by atoms with Gasteiger partial charge in [-0.1, -0.05) is 18.2 Å². The first-order valence-corrected chi connectivity index (χ1v) is 7.56. The number of hydrogen-bond donors (Lipinski definition) is 1. The van der Waals surface area contributed by atoms with Gasteiger partial charge in [0.15, 0.2) is 6.10 Å². The molecule has 116 valence electrons. The molecule has 1 atom stereocenters. The van der Waals surface area contributed by atoms with Crippen molar-refractivity contribution in [1.82, 2.24) is 4.90 Å². The molecule has 1 saturated heterocycles. The average molecular weight is 291 g/mol. The van der Waals surface area contributed by atoms with Gasteiger partial charge in [-0.25, -0.2) is 4.79 Å². The molecule has 0 aromatic heterocycles. The van der Waals surface area contributed by atoms with E-state index < -0.39 is 12.1 Å². The van der Waals surface area contributed by atoms with Gasteiger partial charge in [0.2, 0.25) is 0 Å². The van der Waals surface area contributed by atoms with Crippen molar-refractivity contribution in [3.05, 3.63) is 34.9 Å². The summed E-state index contributed by atoms with van der Waals surface area (Å²) in [7, 11) is 1.32. The summed E-state index contributed by atoms with van der Waals surface area (Å²) >= 11 is 0. The fraction of sp³-hybridized carbons (Fsp3) is 0.588. The topological polar surface area (TPSA) is 49.8 Å². The number of aliphatic hydroxyl groups excluding tert-OH is 1. The van der Waals surface area contributed by atoms with Gasteiger partial charge in [-0.05, 0) is 62.4 Å². The minimum absolute atomic E-state index is 0.0207. The van der Waals surface area contributed by atoms with Crippen molar-refractivity contribution in [3.8, 4) is 0 Å². The van der Waals surface area contributed by atoms with E-state index in [1.165, 1.54) is 23.8 Å². The van der Waals surface area contributed by atoms with Crippen molar-refractivity contribution < 1.29 is 14.6 Å². The molecule has 4 nitrogen and oxygen atoms in total. The number of ether oxygens (including phenoxy) is 1. The molecule has 0 radical (unpaired) electrons. The number of carbonyl (C=O) groups is 1. The van der Waals surface area contributed by atoms with Crippen molar-refractivity contribution in [2.45, 2.75) is 39.3 Å². The molecule has 21 heavy (non-hydrogen) atoms. The van der Waals surface area contributed by atoms with Gasteiger partial charge in [0.25, 0.3) is 0 Å². The fourth-order valence-corrected chi connectivity index (χ4v) is 2.96. The summed E-state index contributed by atoms with van der Waals surface area (Å²) < 4.78 is 4.61. The van der Waals surface area contributed by atoms with E-state index in [0.29, 0.717) is 0 Å². The minimum Gasteiger partial charge on any atom is -0.467 e. The molecule has 0 saturated carbocycles. The molecule has 2 rings (SSSR count). The Hall–Kier alpha value is -1.39. The van der Waals surface area contributed by atoms with Crippen molar-refractivity contribution in [2.75, 3.05) is 20.2 Å². The van der Waals surface area contributed by atoms with Gasteiger partial charge in [-0.3, -0.25) is 4.90 Å². The Bertz CT molecular complexity index is 493. The van der Waals surface area contributed by atoms with Gasteiger partial charge in [0, 0.05) is 6.54 Å². The smallest absolute Gasteiger partial charge is 0.334 e. The lowest BCUT2D eigenvalue weighted by Crippen LogP contribution is -2.40. The second-order valence-electron chi connectivity index (χ2n) is 5.94. The van der Waals surface area contributed by atoms with Crippen molar-refractivity contribution in [3.63, 3.8) is 0 Å². The summed E-state index contributed by atoms with van der Waals surface area (Å²) in [5, 5.41) is 9.91. The first-order valence-electron chi connectivity index (χ1n) is 7.56. The highest BCUT2D eigenvalue weighted by atomic mass is 16.5. The Kier molecular flexibility index (Phi) is 5.37. The van der Waals surface area contributed by atoms with Crippen LogP contribution in [0.1, 0.15) is 29.5 Å². The highest BCUT2D eigenvalue weighted by Gasteiger charge is 2.30. The van der Waals surface area contributed by atoms with Crippen LogP contribution in [0.4, 0.5) is 0 Å². The maximum atomic E-state index is 11.4. The summed E-state index contributed by atoms with van der Waals surface area (Å²) in [5.74, 6) is -0.490. The number of esters is 1. The second kappa shape index (κ2) is 7.05. The van der Waals surface area contributed by atoms with Gasteiger partial charge in [-0.15, -0.1) is 0 Å². The quantitative estimate of drug-likeness (QED) is 0.863. The summed E-state index contributed by atoms with van der Waals surface area (Å²) in [6.45, 7) is 7.06. The van der Waals surface area contributed by atoms with E-state index in [2.05, 4.69) is 41.7 Å². The van der Waals surface area contributed by atoms with Gasteiger partial charge >= 0.3 is 5.97 Å². The summed E-state index contributed by atoms with van der Waals surface area (Å²) in [4.78, 5) is 13.8. The summed E-state index contributed by atoms with van der Waals surface area (Å²) in [6.07, 6.45) is 0.695. The fourth-order valence-electron chi connectivity index (χ4n) is 2.96. The summed E-state index contributed by atoms with van der Waals surface area (Å²) in [5.41, 5.74) is 4.04. The zero-order valence-corrected chi connectivity index (χ0v) is 13.1. The van der Waals surface area contributed by atoms with E-state index in [0.717, 1.165) is 32.5 Å². The predicted molar refractivity (Wildman–Crippen MR) is 81.9 cm³/mol. The normalized spacial score (nSPS) is 18.5. The molecular formula is C17H25NO3. The number of rotatable bonds is 4. The highest BCUT2D eigenvalue weighted by Crippen LogP contribution is 2.24. The minimum atomic E-state index is -0.974. The lowest BCUT2D eigenvalue weighted by Gasteiger charge is -2.33. The number of likely N-dealkylation sites (tertiary alicyclic amines) is 1. The molecule has 1 aliphatic rings. The van der Waals surface area contributed by atoms with Crippen LogP contribution in [0.25, 0.3) is 0 Å². The Morgan fingerprint density at radius 1 is 1.38 bits per heavy atom. The van der Waals surface area contributed by atoms with Gasteiger partial charge in [-0.2, -0.15) is 0 Å². The maximum absolute atomic E-state index is 11.4. The lowest BCUT2D eigenvalue weighted by atomic mass is 9.91. The number of nitrogens with zero attached hydrogens (tertiary/aromatic N) is 1. The molecule has 4 heteroatoms. The first-order chi connectivity index (χ1) is 10.0. The Morgan fingerprint density at radius 3 is 2.67 bits per heavy atom. The number of benzene rings is 1. The van der Waals surface area contributed by atoms with Gasteiger partial charge in [0.05, 0.1) is 7.11 Å². The summed E-state index contributed by atoms with van der Waals surface area (Å²) in [6, 6.07) is 6.42. The van der Waals surface area contributed by atoms with Crippen molar-refractivity contribution >= 4 is 5.97 Å². The molecule has 1 N–H and O–H groups in total. The van der Waals surface area contributed by atoms with E-state index in [9.17, 15) is 9.90 Å². The molecular weight excluding hydrogens is 266 g/mol. The van der Waals surface area contributed by atoms with Crippen LogP contribution < -0.4 is 0 Å². The maximum Gasteiger partial charge on any atom is 0.334 e. The van der Waals surface area contributed by atoms with Crippen LogP contribution in [-0.2, 0) is 16.1 Å². The SMILES string of the molecule is COC(=O)C(O)C1CCN(Cc2cccc(C)c2C)CC1. The predicted octanol–water partition coefficient (Wildman–Crippen LogP) is 2.05. The molecule has 1 heterocycles. The first kappa shape index (κ1) is 16.0. The standard InChI is InChI=1S/C17H25NO3/c1-12-5-4-6-15(13(12)2)11-18-9-7-14(8-10-18)16(19)17(20)21-3/h4-6,14,16,19H,7-11H2,1-3H3. The van der Waals surface area contributed by atoms with Crippen LogP contribution in [0, 0.1) is 19.8 Å². The highest BCUT2D eigenvalue weighted by molar-refractivity contribution is 5.74. The van der Waals surface area contributed by atoms with Crippen LogP contribution >= 0.6 is 0 Å². The zero-order chi connectivity index (χ0) is 15.4. The van der Waals surface area contributed by atoms with Crippen LogP contribution in [0.5, 0.6) is 0 Å². The van der Waals surface area contributed by atoms with E-state index in [-0.39, 0.29) is 5.92 Å². The Morgan fingerprint density at radius 2 is 2.05 bits per heavy atom. The largest absolute Gasteiger partial charge is 0.467 e. The van der Waals surface area contributed by atoms with Crippen LogP contribution in [-0.4, -0.2) is 42.3 Å². The van der Waals surface area contributed by atoms with E-state index in [1.54, 1.807) is 0 Å². The molecule has 0 bridgehead atoms. The molecule has 1 fully saturated rings. The van der Waals surface area contributed by atoms with Crippen molar-refractivity contribution in [1.29, 1.82) is 0 Å². The molecule has 1 unspecified atom stereocenters. The number of methoxy groups -OCH3 is 1. The van der Waals surface area contributed by atoms with Gasteiger partial charge < -0.3 is 9.84 Å². The molecule has 1 aliphatic heterocycles. The van der Waals surface area contributed by atoms with Crippen molar-refractivity contribution in [2.24, 2.45) is 5.92 Å². The molecule has 1 aromatic rings. The molecule has 0 aliphatic carbocycles. The Balaban J connectivity index is 1.90. The third kappa shape index (κ3) is 3.83. The number of carbonyl (C=O) groups excluding carboxylic acids is 1. The van der Waals surface area contributed by atoms with Crippen LogP contribution in [0.2, 0.25) is 0 Å². The average Bonchev–Trinajstić information content (AvgIpc) is 2.51. The third-order valence-corrected chi connectivity index (χ3v) is 4.63. The molecule has 1 aromatic carbocycles. The van der Waals surface area contributed by atoms with E-state index >= 15 is 0 Å². The molecule has 0 amide bonds. The second-order valence-corrected chi connectivity index (χ2v) is 5.94. The number of aliphatic hydroxyl groups is 1. The number of piperidine rings is 1. The third-order valence-electron chi connectivity index (χ3n) is 4.63. The lowest BCUT2D eigenvalue weighted by molar-refractivity contribution is -0.154. The Labute approximate surface area is 126 Å². The van der Waals surface area contributed by atoms with Gasteiger partial charge in [0.1, 0.15) is 0 Å². The van der Waals surface area contributed by atoms with Crippen LogP contribution in [0.15, 0.2) is 18.2 Å². The van der Waals surface area contributed by atoms with E-state index in [1.807, 2.05) is 0 Å². The monoisotopic (exact) mass is 291 g/mol.